The average molecular weight is 254 g/mol. The van der Waals surface area contributed by atoms with Gasteiger partial charge in [0.1, 0.15) is 0 Å². The summed E-state index contributed by atoms with van der Waals surface area (Å²) in [6, 6.07) is 14.7. The molecular weight excluding hydrogens is 232 g/mol. The molecule has 0 aliphatic heterocycles. The smallest absolute Gasteiger partial charge is 0.0852 e. The Kier molecular flexibility index (Phi) is 3.32. The summed E-state index contributed by atoms with van der Waals surface area (Å²) in [5, 5.41) is 13.4. The summed E-state index contributed by atoms with van der Waals surface area (Å²) >= 11 is 0. The third kappa shape index (κ3) is 2.06. The zero-order chi connectivity index (χ0) is 13.3. The molecule has 3 rings (SSSR count). The van der Waals surface area contributed by atoms with Crippen molar-refractivity contribution in [3.8, 4) is 0 Å². The van der Waals surface area contributed by atoms with Crippen LogP contribution in [0, 0.1) is 5.41 Å². The fraction of sp³-hybridized carbons (Fsp3) is 0.444. The lowest BCUT2D eigenvalue weighted by Gasteiger charge is -2.34. The van der Waals surface area contributed by atoms with Gasteiger partial charge in [0.2, 0.25) is 0 Å². The lowest BCUT2D eigenvalue weighted by atomic mass is 9.74. The van der Waals surface area contributed by atoms with Crippen molar-refractivity contribution in [3.63, 3.8) is 0 Å². The second-order valence-corrected chi connectivity index (χ2v) is 5.89. The number of rotatable bonds is 3. The first-order chi connectivity index (χ1) is 9.27. The molecule has 1 unspecified atom stereocenters. The summed E-state index contributed by atoms with van der Waals surface area (Å²) in [4.78, 5) is 0. The monoisotopic (exact) mass is 254 g/mol. The van der Waals surface area contributed by atoms with E-state index in [1.165, 1.54) is 23.6 Å². The topological polar surface area (TPSA) is 20.2 Å². The van der Waals surface area contributed by atoms with Crippen LogP contribution in [0.25, 0.3) is 10.8 Å². The molecule has 1 heteroatoms. The van der Waals surface area contributed by atoms with Crippen LogP contribution in [-0.4, -0.2) is 5.11 Å². The molecule has 19 heavy (non-hydrogen) atoms. The molecule has 0 radical (unpaired) electrons. The molecule has 1 atom stereocenters. The normalized spacial score (nSPS) is 19.7. The van der Waals surface area contributed by atoms with Crippen LogP contribution in [0.3, 0.4) is 0 Å². The van der Waals surface area contributed by atoms with E-state index in [1.54, 1.807) is 0 Å². The zero-order valence-electron chi connectivity index (χ0n) is 11.6. The van der Waals surface area contributed by atoms with Crippen molar-refractivity contribution in [2.45, 2.75) is 45.1 Å². The highest BCUT2D eigenvalue weighted by atomic mass is 16.3. The number of aliphatic hydroxyl groups is 1. The van der Waals surface area contributed by atoms with E-state index in [0.29, 0.717) is 0 Å². The molecular formula is C18H22O. The van der Waals surface area contributed by atoms with Gasteiger partial charge in [-0.15, -0.1) is 0 Å². The molecule has 1 aliphatic rings. The minimum absolute atomic E-state index is 0.101. The van der Waals surface area contributed by atoms with Crippen LogP contribution in [0.1, 0.15) is 50.7 Å². The van der Waals surface area contributed by atoms with Crippen LogP contribution in [-0.2, 0) is 0 Å². The molecule has 1 nitrogen and oxygen atoms in total. The zero-order valence-corrected chi connectivity index (χ0v) is 11.6. The Labute approximate surface area is 115 Å². The van der Waals surface area contributed by atoms with E-state index in [-0.39, 0.29) is 11.5 Å². The first kappa shape index (κ1) is 12.7. The van der Waals surface area contributed by atoms with Crippen LogP contribution in [0.2, 0.25) is 0 Å². The van der Waals surface area contributed by atoms with Gasteiger partial charge in [0.15, 0.2) is 0 Å². The predicted octanol–water partition coefficient (Wildman–Crippen LogP) is 4.84. The average Bonchev–Trinajstić information content (AvgIpc) is 2.96. The molecule has 1 N–H and O–H groups in total. The summed E-state index contributed by atoms with van der Waals surface area (Å²) in [5.41, 5.74) is 1.21. The molecule has 1 saturated carbocycles. The first-order valence-corrected chi connectivity index (χ1v) is 7.42. The third-order valence-electron chi connectivity index (χ3n) is 5.00. The molecule has 0 heterocycles. The molecule has 2 aromatic carbocycles. The van der Waals surface area contributed by atoms with Gasteiger partial charge >= 0.3 is 0 Å². The van der Waals surface area contributed by atoms with Gasteiger partial charge < -0.3 is 5.11 Å². The summed E-state index contributed by atoms with van der Waals surface area (Å²) in [7, 11) is 0. The Bertz CT molecular complexity index is 561. The molecule has 1 fully saturated rings. The second-order valence-electron chi connectivity index (χ2n) is 5.89. The van der Waals surface area contributed by atoms with E-state index in [0.717, 1.165) is 24.8 Å². The molecule has 100 valence electrons. The molecule has 0 amide bonds. The highest BCUT2D eigenvalue weighted by molar-refractivity contribution is 5.86. The number of aliphatic hydroxyl groups excluding tert-OH is 1. The molecule has 0 saturated heterocycles. The second kappa shape index (κ2) is 4.97. The van der Waals surface area contributed by atoms with E-state index >= 15 is 0 Å². The molecule has 0 aromatic heterocycles. The summed E-state index contributed by atoms with van der Waals surface area (Å²) in [5.74, 6) is 0. The minimum atomic E-state index is -0.328. The Morgan fingerprint density at radius 3 is 2.47 bits per heavy atom. The van der Waals surface area contributed by atoms with E-state index < -0.39 is 0 Å². The van der Waals surface area contributed by atoms with Crippen LogP contribution < -0.4 is 0 Å². The highest BCUT2D eigenvalue weighted by Gasteiger charge is 2.40. The van der Waals surface area contributed by atoms with Gasteiger partial charge in [-0.1, -0.05) is 62.2 Å². The van der Waals surface area contributed by atoms with Gasteiger partial charge in [-0.25, -0.2) is 0 Å². The van der Waals surface area contributed by atoms with Gasteiger partial charge in [-0.3, -0.25) is 0 Å². The van der Waals surface area contributed by atoms with Crippen molar-refractivity contribution in [2.24, 2.45) is 5.41 Å². The van der Waals surface area contributed by atoms with Crippen molar-refractivity contribution in [1.29, 1.82) is 0 Å². The maximum Gasteiger partial charge on any atom is 0.0852 e. The quantitative estimate of drug-likeness (QED) is 0.830. The van der Waals surface area contributed by atoms with E-state index in [4.69, 9.17) is 0 Å². The van der Waals surface area contributed by atoms with Gasteiger partial charge in [0.25, 0.3) is 0 Å². The Hall–Kier alpha value is -1.34. The van der Waals surface area contributed by atoms with Crippen LogP contribution in [0.4, 0.5) is 0 Å². The Morgan fingerprint density at radius 1 is 1.05 bits per heavy atom. The van der Waals surface area contributed by atoms with Gasteiger partial charge in [-0.05, 0) is 35.6 Å². The van der Waals surface area contributed by atoms with Crippen molar-refractivity contribution >= 4 is 10.8 Å². The molecule has 0 bridgehead atoms. The lowest BCUT2D eigenvalue weighted by Crippen LogP contribution is -2.25. The van der Waals surface area contributed by atoms with Crippen LogP contribution in [0.15, 0.2) is 42.5 Å². The van der Waals surface area contributed by atoms with Crippen molar-refractivity contribution in [2.75, 3.05) is 0 Å². The van der Waals surface area contributed by atoms with Crippen molar-refractivity contribution in [3.05, 3.63) is 48.0 Å². The number of hydrogen-bond acceptors (Lipinski definition) is 1. The fourth-order valence-corrected chi connectivity index (χ4v) is 3.72. The number of hydrogen-bond donors (Lipinski definition) is 1. The van der Waals surface area contributed by atoms with E-state index in [9.17, 15) is 5.11 Å². The maximum atomic E-state index is 11.0. The van der Waals surface area contributed by atoms with Gasteiger partial charge in [0, 0.05) is 5.41 Å². The Balaban J connectivity index is 2.08. The lowest BCUT2D eigenvalue weighted by molar-refractivity contribution is 0.0249. The summed E-state index contributed by atoms with van der Waals surface area (Å²) < 4.78 is 0. The number of fused-ring (bicyclic) bond motifs is 1. The molecule has 1 aliphatic carbocycles. The first-order valence-electron chi connectivity index (χ1n) is 7.42. The predicted molar refractivity (Wildman–Crippen MR) is 80.1 cm³/mol. The van der Waals surface area contributed by atoms with Crippen LogP contribution in [0.5, 0.6) is 0 Å². The van der Waals surface area contributed by atoms with Crippen molar-refractivity contribution < 1.29 is 5.11 Å². The standard InChI is InChI=1S/C18H22O/c1-2-18(12-5-6-13-18)17(19)16-11-7-9-14-8-3-4-10-15(14)16/h3-4,7-11,17,19H,2,5-6,12-13H2,1H3. The SMILES string of the molecule is CCC1(C(O)c2cccc3ccccc23)CCCC1. The summed E-state index contributed by atoms with van der Waals surface area (Å²) in [6.45, 7) is 2.22. The van der Waals surface area contributed by atoms with Crippen LogP contribution >= 0.6 is 0 Å². The summed E-state index contributed by atoms with van der Waals surface area (Å²) in [6.07, 6.45) is 5.58. The minimum Gasteiger partial charge on any atom is -0.388 e. The van der Waals surface area contributed by atoms with E-state index in [2.05, 4.69) is 49.4 Å². The highest BCUT2D eigenvalue weighted by Crippen LogP contribution is 2.50. The van der Waals surface area contributed by atoms with Gasteiger partial charge in [-0.2, -0.15) is 0 Å². The maximum absolute atomic E-state index is 11.0. The fourth-order valence-electron chi connectivity index (χ4n) is 3.72. The molecule has 0 spiro atoms. The van der Waals surface area contributed by atoms with E-state index in [1.807, 2.05) is 0 Å². The molecule has 2 aromatic rings. The Morgan fingerprint density at radius 2 is 1.74 bits per heavy atom. The third-order valence-corrected chi connectivity index (χ3v) is 5.00. The number of benzene rings is 2. The largest absolute Gasteiger partial charge is 0.388 e. The van der Waals surface area contributed by atoms with Crippen molar-refractivity contribution in [1.82, 2.24) is 0 Å². The van der Waals surface area contributed by atoms with Gasteiger partial charge in [0.05, 0.1) is 6.10 Å².